The van der Waals surface area contributed by atoms with Crippen LogP contribution in [0.1, 0.15) is 37.1 Å². The van der Waals surface area contributed by atoms with Crippen LogP contribution in [-0.2, 0) is 4.79 Å². The number of carbonyl (C=O) groups excluding carboxylic acids is 1. The van der Waals surface area contributed by atoms with Gasteiger partial charge in [0, 0.05) is 34.7 Å². The summed E-state index contributed by atoms with van der Waals surface area (Å²) in [5.41, 5.74) is 2.16. The van der Waals surface area contributed by atoms with E-state index in [-0.39, 0.29) is 18.9 Å². The molecule has 1 aliphatic carbocycles. The third-order valence-electron chi connectivity index (χ3n) is 5.37. The number of rotatable bonds is 5. The van der Waals surface area contributed by atoms with Gasteiger partial charge in [0.2, 0.25) is 0 Å². The first kappa shape index (κ1) is 18.8. The SMILES string of the molecule is Cc1ncnc(C)c1-c1cc(NC(=O)C2(F)CC2)ccc1O[C@@H]1CCCNC1. The van der Waals surface area contributed by atoms with Gasteiger partial charge in [-0.05, 0) is 64.3 Å². The number of piperidine rings is 1. The molecule has 0 radical (unpaired) electrons. The molecule has 1 aliphatic heterocycles. The second-order valence-electron chi connectivity index (χ2n) is 7.64. The summed E-state index contributed by atoms with van der Waals surface area (Å²) in [5.74, 6) is 0.135. The highest BCUT2D eigenvalue weighted by Crippen LogP contribution is 2.41. The molecule has 2 N–H and O–H groups in total. The number of hydrogen-bond acceptors (Lipinski definition) is 5. The Balaban J connectivity index is 1.69. The van der Waals surface area contributed by atoms with Crippen LogP contribution in [0.2, 0.25) is 0 Å². The van der Waals surface area contributed by atoms with E-state index in [1.165, 1.54) is 6.33 Å². The molecule has 28 heavy (non-hydrogen) atoms. The maximum absolute atomic E-state index is 14.1. The normalized spacial score (nSPS) is 20.5. The van der Waals surface area contributed by atoms with E-state index >= 15 is 0 Å². The Hall–Kier alpha value is -2.54. The highest BCUT2D eigenvalue weighted by atomic mass is 19.1. The van der Waals surface area contributed by atoms with Gasteiger partial charge in [-0.3, -0.25) is 4.79 Å². The van der Waals surface area contributed by atoms with Crippen LogP contribution >= 0.6 is 0 Å². The lowest BCUT2D eigenvalue weighted by molar-refractivity contribution is -0.122. The molecule has 2 heterocycles. The summed E-state index contributed by atoms with van der Waals surface area (Å²) in [6, 6.07) is 5.42. The van der Waals surface area contributed by atoms with Crippen LogP contribution in [0, 0.1) is 13.8 Å². The Labute approximate surface area is 163 Å². The maximum Gasteiger partial charge on any atom is 0.262 e. The minimum atomic E-state index is -1.72. The third-order valence-corrected chi connectivity index (χ3v) is 5.37. The number of ether oxygens (including phenoxy) is 1. The van der Waals surface area contributed by atoms with Crippen LogP contribution in [0.3, 0.4) is 0 Å². The van der Waals surface area contributed by atoms with Crippen LogP contribution in [0.4, 0.5) is 10.1 Å². The number of nitrogens with one attached hydrogen (secondary N) is 2. The summed E-state index contributed by atoms with van der Waals surface area (Å²) in [4.78, 5) is 20.8. The molecule has 1 aromatic carbocycles. The summed E-state index contributed by atoms with van der Waals surface area (Å²) in [5, 5.41) is 6.05. The van der Waals surface area contributed by atoms with Gasteiger partial charge in [0.05, 0.1) is 0 Å². The molecule has 0 bridgehead atoms. The topological polar surface area (TPSA) is 76.1 Å². The largest absolute Gasteiger partial charge is 0.488 e. The van der Waals surface area contributed by atoms with E-state index in [0.717, 1.165) is 48.4 Å². The van der Waals surface area contributed by atoms with E-state index < -0.39 is 11.6 Å². The number of halogens is 1. The molecule has 1 saturated heterocycles. The van der Waals surface area contributed by atoms with E-state index in [9.17, 15) is 9.18 Å². The van der Waals surface area contributed by atoms with Crippen molar-refractivity contribution in [2.45, 2.75) is 51.3 Å². The number of nitrogens with zero attached hydrogens (tertiary/aromatic N) is 2. The summed E-state index contributed by atoms with van der Waals surface area (Å²) < 4.78 is 20.3. The number of benzene rings is 1. The van der Waals surface area contributed by atoms with Gasteiger partial charge >= 0.3 is 0 Å². The number of anilines is 1. The number of aryl methyl sites for hydroxylation is 2. The van der Waals surface area contributed by atoms with Crippen molar-refractivity contribution in [3.63, 3.8) is 0 Å². The predicted octanol–water partition coefficient (Wildman–Crippen LogP) is 3.33. The van der Waals surface area contributed by atoms with E-state index in [0.29, 0.717) is 11.4 Å². The second-order valence-corrected chi connectivity index (χ2v) is 7.64. The first-order chi connectivity index (χ1) is 13.5. The zero-order chi connectivity index (χ0) is 19.7. The molecular formula is C21H25FN4O2. The van der Waals surface area contributed by atoms with Crippen molar-refractivity contribution >= 4 is 11.6 Å². The predicted molar refractivity (Wildman–Crippen MR) is 105 cm³/mol. The maximum atomic E-state index is 14.1. The van der Waals surface area contributed by atoms with Crippen molar-refractivity contribution in [2.24, 2.45) is 0 Å². The average Bonchev–Trinajstić information content (AvgIpc) is 3.43. The number of aromatic nitrogens is 2. The van der Waals surface area contributed by atoms with Crippen molar-refractivity contribution in [1.29, 1.82) is 0 Å². The van der Waals surface area contributed by atoms with Gasteiger partial charge in [0.1, 0.15) is 18.2 Å². The summed E-state index contributed by atoms with van der Waals surface area (Å²) >= 11 is 0. The van der Waals surface area contributed by atoms with Gasteiger partial charge in [0.15, 0.2) is 5.67 Å². The molecule has 2 aromatic rings. The molecule has 2 aliphatic rings. The fourth-order valence-electron chi connectivity index (χ4n) is 3.57. The van der Waals surface area contributed by atoms with Crippen molar-refractivity contribution in [2.75, 3.05) is 18.4 Å². The molecule has 4 rings (SSSR count). The van der Waals surface area contributed by atoms with Gasteiger partial charge in [-0.2, -0.15) is 0 Å². The minimum absolute atomic E-state index is 0.0822. The van der Waals surface area contributed by atoms with Crippen LogP contribution in [0.15, 0.2) is 24.5 Å². The first-order valence-electron chi connectivity index (χ1n) is 9.77. The van der Waals surface area contributed by atoms with Crippen LogP contribution in [-0.4, -0.2) is 40.7 Å². The molecular weight excluding hydrogens is 359 g/mol. The van der Waals surface area contributed by atoms with E-state index in [4.69, 9.17) is 4.74 Å². The monoisotopic (exact) mass is 384 g/mol. The van der Waals surface area contributed by atoms with Gasteiger partial charge < -0.3 is 15.4 Å². The van der Waals surface area contributed by atoms with Crippen molar-refractivity contribution in [3.05, 3.63) is 35.9 Å². The Kier molecular flexibility index (Phi) is 5.02. The molecule has 148 valence electrons. The number of alkyl halides is 1. The molecule has 1 saturated carbocycles. The quantitative estimate of drug-likeness (QED) is 0.827. The zero-order valence-corrected chi connectivity index (χ0v) is 16.2. The third kappa shape index (κ3) is 3.85. The molecule has 1 amide bonds. The standard InChI is InChI=1S/C21H25FN4O2/c1-13-19(14(2)25-12-24-13)17-10-15(26-20(27)21(22)7-8-21)5-6-18(17)28-16-4-3-9-23-11-16/h5-6,10,12,16,23H,3-4,7-9,11H2,1-2H3,(H,26,27)/t16-/m1/s1. The molecule has 2 fully saturated rings. The fourth-order valence-corrected chi connectivity index (χ4v) is 3.57. The van der Waals surface area contributed by atoms with Crippen molar-refractivity contribution in [3.8, 4) is 16.9 Å². The lowest BCUT2D eigenvalue weighted by Crippen LogP contribution is -2.37. The van der Waals surface area contributed by atoms with Gasteiger partial charge in [-0.15, -0.1) is 0 Å². The van der Waals surface area contributed by atoms with E-state index in [2.05, 4.69) is 20.6 Å². The van der Waals surface area contributed by atoms with Crippen LogP contribution in [0.5, 0.6) is 5.75 Å². The Bertz CT molecular complexity index is 872. The van der Waals surface area contributed by atoms with Crippen LogP contribution in [0.25, 0.3) is 11.1 Å². The Morgan fingerprint density at radius 2 is 2.04 bits per heavy atom. The lowest BCUT2D eigenvalue weighted by atomic mass is 10.0. The number of amides is 1. The molecule has 1 atom stereocenters. The van der Waals surface area contributed by atoms with E-state index in [1.807, 2.05) is 26.0 Å². The Morgan fingerprint density at radius 3 is 2.68 bits per heavy atom. The summed E-state index contributed by atoms with van der Waals surface area (Å²) in [6.07, 6.45) is 4.24. The van der Waals surface area contributed by atoms with Crippen molar-refractivity contribution in [1.82, 2.24) is 15.3 Å². The van der Waals surface area contributed by atoms with Crippen LogP contribution < -0.4 is 15.4 Å². The molecule has 0 spiro atoms. The zero-order valence-electron chi connectivity index (χ0n) is 16.2. The lowest BCUT2D eigenvalue weighted by Gasteiger charge is -2.26. The average molecular weight is 384 g/mol. The minimum Gasteiger partial charge on any atom is -0.488 e. The Morgan fingerprint density at radius 1 is 1.29 bits per heavy atom. The highest BCUT2D eigenvalue weighted by molar-refractivity contribution is 6.00. The first-order valence-corrected chi connectivity index (χ1v) is 9.77. The fraction of sp³-hybridized carbons (Fsp3) is 0.476. The molecule has 6 nitrogen and oxygen atoms in total. The van der Waals surface area contributed by atoms with Crippen molar-refractivity contribution < 1.29 is 13.9 Å². The van der Waals surface area contributed by atoms with Gasteiger partial charge in [-0.25, -0.2) is 14.4 Å². The van der Waals surface area contributed by atoms with E-state index in [1.54, 1.807) is 6.07 Å². The second kappa shape index (κ2) is 7.47. The molecule has 0 unspecified atom stereocenters. The molecule has 1 aromatic heterocycles. The van der Waals surface area contributed by atoms with Gasteiger partial charge in [0.25, 0.3) is 5.91 Å². The molecule has 7 heteroatoms. The smallest absolute Gasteiger partial charge is 0.262 e. The highest BCUT2D eigenvalue weighted by Gasteiger charge is 2.50. The summed E-state index contributed by atoms with van der Waals surface area (Å²) in [6.45, 7) is 5.64. The number of hydrogen-bond donors (Lipinski definition) is 2. The summed E-state index contributed by atoms with van der Waals surface area (Å²) in [7, 11) is 0. The number of carbonyl (C=O) groups is 1. The van der Waals surface area contributed by atoms with Gasteiger partial charge in [-0.1, -0.05) is 0 Å².